The Kier molecular flexibility index (Phi) is 5.38. The van der Waals surface area contributed by atoms with Gasteiger partial charge in [0, 0.05) is 25.3 Å². The first-order valence-electron chi connectivity index (χ1n) is 5.59. The quantitative estimate of drug-likeness (QED) is 0.350. The minimum absolute atomic E-state index is 0.558. The summed E-state index contributed by atoms with van der Waals surface area (Å²) in [4.78, 5) is 0.955. The van der Waals surface area contributed by atoms with Crippen LogP contribution in [-0.4, -0.2) is 21.4 Å². The molecule has 90 valence electrons. The van der Waals surface area contributed by atoms with Crippen LogP contribution in [0, 0.1) is 0 Å². The summed E-state index contributed by atoms with van der Waals surface area (Å²) in [6.45, 7) is 8.46. The number of thiol groups is 1. The molecule has 0 atom stereocenters. The molecule has 1 rings (SSSR count). The Morgan fingerprint density at radius 2 is 1.94 bits per heavy atom. The molecule has 16 heavy (non-hydrogen) atoms. The van der Waals surface area contributed by atoms with E-state index in [1.54, 1.807) is 0 Å². The molecule has 1 aromatic rings. The van der Waals surface area contributed by atoms with Gasteiger partial charge in [0.25, 0.3) is 0 Å². The molecule has 0 aliphatic heterocycles. The van der Waals surface area contributed by atoms with Gasteiger partial charge in [0.05, 0.1) is 0 Å². The topological polar surface area (TPSA) is 21.3 Å². The number of para-hydroxylation sites is 1. The third-order valence-electron chi connectivity index (χ3n) is 2.27. The highest BCUT2D eigenvalue weighted by molar-refractivity contribution is 7.80. The van der Waals surface area contributed by atoms with Gasteiger partial charge in [-0.25, -0.2) is 0 Å². The van der Waals surface area contributed by atoms with Gasteiger partial charge in [-0.15, -0.1) is 12.6 Å². The van der Waals surface area contributed by atoms with Gasteiger partial charge in [-0.05, 0) is 18.2 Å². The molecule has 1 N–H and O–H groups in total. The Labute approximate surface area is 105 Å². The first-order chi connectivity index (χ1) is 7.49. The van der Waals surface area contributed by atoms with Crippen LogP contribution in [0.1, 0.15) is 0 Å². The summed E-state index contributed by atoms with van der Waals surface area (Å²) in [6, 6.07) is 9.14. The van der Waals surface area contributed by atoms with E-state index < -0.39 is 8.07 Å². The third-order valence-corrected chi connectivity index (χ3v) is 4.36. The van der Waals surface area contributed by atoms with E-state index in [0.717, 1.165) is 17.2 Å². The summed E-state index contributed by atoms with van der Waals surface area (Å²) in [5, 5.41) is 3.22. The van der Waals surface area contributed by atoms with Crippen molar-refractivity contribution in [1.82, 2.24) is 0 Å². The Balaban J connectivity index is 2.19. The summed E-state index contributed by atoms with van der Waals surface area (Å²) in [6.07, 6.45) is 0. The summed E-state index contributed by atoms with van der Waals surface area (Å²) in [5.74, 6) is 0. The average molecular weight is 255 g/mol. The lowest BCUT2D eigenvalue weighted by Gasteiger charge is -2.16. The molecule has 0 spiro atoms. The molecular weight excluding hydrogens is 234 g/mol. The van der Waals surface area contributed by atoms with Crippen LogP contribution < -0.4 is 5.32 Å². The van der Waals surface area contributed by atoms with E-state index >= 15 is 0 Å². The Bertz CT molecular complexity index is 325. The van der Waals surface area contributed by atoms with E-state index in [-0.39, 0.29) is 0 Å². The summed E-state index contributed by atoms with van der Waals surface area (Å²) < 4.78 is 5.56. The van der Waals surface area contributed by atoms with Gasteiger partial charge in [0.15, 0.2) is 0 Å². The van der Waals surface area contributed by atoms with Gasteiger partial charge in [-0.3, -0.25) is 0 Å². The Morgan fingerprint density at radius 1 is 1.25 bits per heavy atom. The number of nitrogens with one attached hydrogen (secondary N) is 1. The second-order valence-corrected chi connectivity index (χ2v) is 11.2. The first kappa shape index (κ1) is 13.6. The molecule has 0 fully saturated rings. The van der Waals surface area contributed by atoms with Crippen molar-refractivity contribution >= 4 is 26.4 Å². The second kappa shape index (κ2) is 6.32. The molecule has 0 saturated carbocycles. The predicted molar refractivity (Wildman–Crippen MR) is 76.3 cm³/mol. The predicted octanol–water partition coefficient (Wildman–Crippen LogP) is 3.70. The molecular formula is C12H21NOSSi. The molecule has 1 aromatic carbocycles. The number of ether oxygens (including phenoxy) is 1. The van der Waals surface area contributed by atoms with Crippen molar-refractivity contribution in [2.75, 3.05) is 18.7 Å². The normalized spacial score (nSPS) is 11.5. The lowest BCUT2D eigenvalue weighted by atomic mass is 10.3. The molecule has 0 aliphatic rings. The zero-order valence-corrected chi connectivity index (χ0v) is 12.2. The Hall–Kier alpha value is -0.453. The van der Waals surface area contributed by atoms with Gasteiger partial charge in [0.1, 0.15) is 6.73 Å². The highest BCUT2D eigenvalue weighted by atomic mass is 32.1. The maximum Gasteiger partial charge on any atom is 0.116 e. The minimum atomic E-state index is -0.965. The molecule has 0 saturated heterocycles. The van der Waals surface area contributed by atoms with Crippen LogP contribution in [0.3, 0.4) is 0 Å². The zero-order valence-electron chi connectivity index (χ0n) is 10.3. The van der Waals surface area contributed by atoms with Crippen molar-refractivity contribution in [3.63, 3.8) is 0 Å². The van der Waals surface area contributed by atoms with Crippen molar-refractivity contribution in [2.45, 2.75) is 30.6 Å². The molecule has 0 radical (unpaired) electrons. The van der Waals surface area contributed by atoms with E-state index in [0.29, 0.717) is 6.73 Å². The number of rotatable bonds is 6. The van der Waals surface area contributed by atoms with Gasteiger partial charge < -0.3 is 10.1 Å². The number of hydrogen-bond acceptors (Lipinski definition) is 3. The van der Waals surface area contributed by atoms with Crippen LogP contribution in [0.2, 0.25) is 25.7 Å². The van der Waals surface area contributed by atoms with Crippen LogP contribution in [0.5, 0.6) is 0 Å². The third kappa shape index (κ3) is 5.58. The minimum Gasteiger partial charge on any atom is -0.362 e. The number of hydrogen-bond donors (Lipinski definition) is 2. The lowest BCUT2D eigenvalue weighted by molar-refractivity contribution is 0.165. The van der Waals surface area contributed by atoms with E-state index in [1.807, 2.05) is 24.3 Å². The van der Waals surface area contributed by atoms with Crippen LogP contribution >= 0.6 is 12.6 Å². The summed E-state index contributed by atoms with van der Waals surface area (Å²) >= 11 is 4.36. The fraction of sp³-hybridized carbons (Fsp3) is 0.500. The molecule has 0 unspecified atom stereocenters. The number of anilines is 1. The van der Waals surface area contributed by atoms with Crippen molar-refractivity contribution < 1.29 is 4.74 Å². The van der Waals surface area contributed by atoms with E-state index in [9.17, 15) is 0 Å². The van der Waals surface area contributed by atoms with E-state index in [1.165, 1.54) is 6.04 Å². The second-order valence-electron chi connectivity index (χ2n) is 5.06. The molecule has 0 amide bonds. The summed E-state index contributed by atoms with van der Waals surface area (Å²) in [7, 11) is -0.965. The molecule has 0 aliphatic carbocycles. The highest BCUT2D eigenvalue weighted by Crippen LogP contribution is 2.18. The van der Waals surface area contributed by atoms with E-state index in [2.05, 4.69) is 37.6 Å². The molecule has 0 heterocycles. The average Bonchev–Trinajstić information content (AvgIpc) is 2.18. The zero-order chi connectivity index (χ0) is 12.0. The molecule has 2 nitrogen and oxygen atoms in total. The first-order valence-corrected chi connectivity index (χ1v) is 9.74. The number of benzene rings is 1. The van der Waals surface area contributed by atoms with Crippen LogP contribution in [0.15, 0.2) is 29.2 Å². The monoisotopic (exact) mass is 255 g/mol. The van der Waals surface area contributed by atoms with Crippen molar-refractivity contribution in [2.24, 2.45) is 0 Å². The van der Waals surface area contributed by atoms with Gasteiger partial charge in [-0.2, -0.15) is 0 Å². The maximum atomic E-state index is 5.56. The fourth-order valence-corrected chi connectivity index (χ4v) is 2.20. The van der Waals surface area contributed by atoms with Gasteiger partial charge in [0.2, 0.25) is 0 Å². The fourth-order valence-electron chi connectivity index (χ4n) is 1.20. The van der Waals surface area contributed by atoms with Gasteiger partial charge >= 0.3 is 0 Å². The SMILES string of the molecule is C[Si](C)(C)CCOCNc1ccccc1S. The van der Waals surface area contributed by atoms with Crippen molar-refractivity contribution in [3.05, 3.63) is 24.3 Å². The standard InChI is InChI=1S/C12H21NOSSi/c1-16(2,3)9-8-14-10-13-11-6-4-5-7-12(11)15/h4-7,13,15H,8-10H2,1-3H3. The molecule has 4 heteroatoms. The molecule has 0 aromatic heterocycles. The maximum absolute atomic E-state index is 5.56. The van der Waals surface area contributed by atoms with Crippen LogP contribution in [0.4, 0.5) is 5.69 Å². The summed E-state index contributed by atoms with van der Waals surface area (Å²) in [5.41, 5.74) is 1.03. The lowest BCUT2D eigenvalue weighted by Crippen LogP contribution is -2.22. The molecule has 0 bridgehead atoms. The largest absolute Gasteiger partial charge is 0.362 e. The van der Waals surface area contributed by atoms with E-state index in [4.69, 9.17) is 4.74 Å². The van der Waals surface area contributed by atoms with Crippen molar-refractivity contribution in [3.8, 4) is 0 Å². The van der Waals surface area contributed by atoms with Crippen molar-refractivity contribution in [1.29, 1.82) is 0 Å². The Morgan fingerprint density at radius 3 is 2.56 bits per heavy atom. The van der Waals surface area contributed by atoms with Gasteiger partial charge in [-0.1, -0.05) is 31.8 Å². The highest BCUT2D eigenvalue weighted by Gasteiger charge is 2.11. The smallest absolute Gasteiger partial charge is 0.116 e. The van der Waals surface area contributed by atoms with Crippen LogP contribution in [0.25, 0.3) is 0 Å². The van der Waals surface area contributed by atoms with Crippen LogP contribution in [-0.2, 0) is 4.74 Å².